The molecule has 1 rings (SSSR count). The molecule has 0 heterocycles. The van der Waals surface area contributed by atoms with Crippen LogP contribution in [0.5, 0.6) is 0 Å². The molecule has 0 fully saturated rings. The molecule has 19 heavy (non-hydrogen) atoms. The first-order valence-corrected chi connectivity index (χ1v) is 7.62. The highest BCUT2D eigenvalue weighted by atomic mass is 35.5. The van der Waals surface area contributed by atoms with E-state index in [4.69, 9.17) is 11.6 Å². The normalized spacial score (nSPS) is 13.6. The second-order valence-electron chi connectivity index (χ2n) is 6.59. The lowest BCUT2D eigenvalue weighted by Crippen LogP contribution is -2.14. The van der Waals surface area contributed by atoms with Gasteiger partial charge < -0.3 is 0 Å². The second kappa shape index (κ2) is 6.74. The van der Waals surface area contributed by atoms with E-state index in [9.17, 15) is 4.39 Å². The molecule has 2 heteroatoms. The minimum atomic E-state index is -0.264. The fourth-order valence-corrected chi connectivity index (χ4v) is 2.44. The molecule has 0 amide bonds. The number of hydrogen-bond donors (Lipinski definition) is 0. The van der Waals surface area contributed by atoms with E-state index in [-0.39, 0.29) is 16.3 Å². The summed E-state index contributed by atoms with van der Waals surface area (Å²) in [5.41, 5.74) is 1.67. The number of aryl methyl sites for hydroxylation is 1. The number of rotatable bonds is 5. The molecule has 0 nitrogen and oxygen atoms in total. The second-order valence-corrected chi connectivity index (χ2v) is 7.00. The first kappa shape index (κ1) is 16.5. The fraction of sp³-hybridized carbons (Fsp3) is 0.647. The Balaban J connectivity index is 2.83. The van der Waals surface area contributed by atoms with Crippen molar-refractivity contribution in [3.8, 4) is 0 Å². The Hall–Kier alpha value is -0.560. The summed E-state index contributed by atoms with van der Waals surface area (Å²) in [6.07, 6.45) is 4.56. The van der Waals surface area contributed by atoms with Crippen molar-refractivity contribution >= 4 is 11.6 Å². The lowest BCUT2D eigenvalue weighted by molar-refractivity contribution is 0.494. The van der Waals surface area contributed by atoms with Crippen molar-refractivity contribution in [2.45, 2.75) is 65.7 Å². The molecule has 0 saturated heterocycles. The zero-order chi connectivity index (χ0) is 14.6. The standard InChI is InChI=1S/C17H26ClF/c1-6-12(2)8-7-9-13-10-14(17(3,4)5)16(19)15(18)11-13/h10-12H,6-9H2,1-5H3/t12-/m0/s1. The van der Waals surface area contributed by atoms with Crippen molar-refractivity contribution in [3.63, 3.8) is 0 Å². The van der Waals surface area contributed by atoms with E-state index in [1.807, 2.05) is 26.8 Å². The Labute approximate surface area is 122 Å². The molecular weight excluding hydrogens is 259 g/mol. The minimum Gasteiger partial charge on any atom is -0.205 e. The monoisotopic (exact) mass is 284 g/mol. The van der Waals surface area contributed by atoms with Gasteiger partial charge in [-0.1, -0.05) is 65.1 Å². The predicted octanol–water partition coefficient (Wildman–Crippen LogP) is 6.15. The van der Waals surface area contributed by atoms with Crippen molar-refractivity contribution in [1.29, 1.82) is 0 Å². The van der Waals surface area contributed by atoms with Gasteiger partial charge >= 0.3 is 0 Å². The minimum absolute atomic E-state index is 0.208. The molecule has 0 aromatic heterocycles. The maximum atomic E-state index is 14.1. The Kier molecular flexibility index (Phi) is 5.85. The van der Waals surface area contributed by atoms with Gasteiger partial charge in [-0.3, -0.25) is 0 Å². The quantitative estimate of drug-likeness (QED) is 0.609. The van der Waals surface area contributed by atoms with Crippen LogP contribution in [0, 0.1) is 11.7 Å². The fourth-order valence-electron chi connectivity index (χ4n) is 2.19. The summed E-state index contributed by atoms with van der Waals surface area (Å²) in [6.45, 7) is 10.6. The average molecular weight is 285 g/mol. The van der Waals surface area contributed by atoms with Crippen LogP contribution in [0.2, 0.25) is 5.02 Å². The summed E-state index contributed by atoms with van der Waals surface area (Å²) in [6, 6.07) is 3.76. The van der Waals surface area contributed by atoms with E-state index in [0.717, 1.165) is 29.9 Å². The molecule has 0 bridgehead atoms. The summed E-state index contributed by atoms with van der Waals surface area (Å²) in [7, 11) is 0. The molecule has 0 unspecified atom stereocenters. The van der Waals surface area contributed by atoms with Crippen LogP contribution in [0.15, 0.2) is 12.1 Å². The number of benzene rings is 1. The number of hydrogen-bond acceptors (Lipinski definition) is 0. The maximum absolute atomic E-state index is 14.1. The summed E-state index contributed by atoms with van der Waals surface area (Å²) in [4.78, 5) is 0. The molecule has 0 aliphatic heterocycles. The molecular formula is C17H26ClF. The summed E-state index contributed by atoms with van der Waals surface area (Å²) in [5.74, 6) is 0.498. The van der Waals surface area contributed by atoms with Crippen molar-refractivity contribution in [3.05, 3.63) is 34.1 Å². The Morgan fingerprint density at radius 3 is 2.42 bits per heavy atom. The lowest BCUT2D eigenvalue weighted by Gasteiger charge is -2.21. The third kappa shape index (κ3) is 4.80. The molecule has 0 radical (unpaired) electrons. The van der Waals surface area contributed by atoms with Crippen LogP contribution in [0.1, 0.15) is 65.0 Å². The van der Waals surface area contributed by atoms with Gasteiger partial charge in [0, 0.05) is 0 Å². The van der Waals surface area contributed by atoms with Gasteiger partial charge in [0.05, 0.1) is 5.02 Å². The van der Waals surface area contributed by atoms with Gasteiger partial charge in [-0.25, -0.2) is 4.39 Å². The SMILES string of the molecule is CC[C@H](C)CCCc1cc(Cl)c(F)c(C(C)(C)C)c1. The van der Waals surface area contributed by atoms with Crippen molar-refractivity contribution in [2.24, 2.45) is 5.92 Å². The molecule has 0 saturated carbocycles. The molecule has 0 N–H and O–H groups in total. The van der Waals surface area contributed by atoms with Gasteiger partial charge in [0.25, 0.3) is 0 Å². The van der Waals surface area contributed by atoms with E-state index in [1.165, 1.54) is 12.8 Å². The van der Waals surface area contributed by atoms with Gasteiger partial charge in [0.15, 0.2) is 0 Å². The van der Waals surface area contributed by atoms with Gasteiger partial charge in [-0.05, 0) is 41.4 Å². The highest BCUT2D eigenvalue weighted by Gasteiger charge is 2.21. The highest BCUT2D eigenvalue weighted by Crippen LogP contribution is 2.31. The Bertz CT molecular complexity index is 418. The highest BCUT2D eigenvalue weighted by molar-refractivity contribution is 6.30. The van der Waals surface area contributed by atoms with Crippen LogP contribution in [0.25, 0.3) is 0 Å². The van der Waals surface area contributed by atoms with Crippen LogP contribution in [-0.4, -0.2) is 0 Å². The van der Waals surface area contributed by atoms with Crippen LogP contribution in [0.4, 0.5) is 4.39 Å². The topological polar surface area (TPSA) is 0 Å². The van der Waals surface area contributed by atoms with Gasteiger partial charge in [0.2, 0.25) is 0 Å². The van der Waals surface area contributed by atoms with Crippen LogP contribution < -0.4 is 0 Å². The molecule has 1 atom stereocenters. The first-order chi connectivity index (χ1) is 8.75. The number of halogens is 2. The van der Waals surface area contributed by atoms with Crippen molar-refractivity contribution in [1.82, 2.24) is 0 Å². The zero-order valence-electron chi connectivity index (χ0n) is 12.8. The van der Waals surface area contributed by atoms with E-state index < -0.39 is 0 Å². The maximum Gasteiger partial charge on any atom is 0.145 e. The molecule has 0 aliphatic rings. The smallest absolute Gasteiger partial charge is 0.145 e. The van der Waals surface area contributed by atoms with Crippen LogP contribution in [-0.2, 0) is 11.8 Å². The Morgan fingerprint density at radius 1 is 1.26 bits per heavy atom. The average Bonchev–Trinajstić information content (AvgIpc) is 2.31. The predicted molar refractivity (Wildman–Crippen MR) is 82.5 cm³/mol. The third-order valence-corrected chi connectivity index (χ3v) is 4.03. The van der Waals surface area contributed by atoms with E-state index >= 15 is 0 Å². The summed E-state index contributed by atoms with van der Waals surface area (Å²) in [5, 5.41) is 0.256. The lowest BCUT2D eigenvalue weighted by atomic mass is 9.85. The van der Waals surface area contributed by atoms with Crippen LogP contribution in [0.3, 0.4) is 0 Å². The summed E-state index contributed by atoms with van der Waals surface area (Å²) >= 11 is 6.02. The van der Waals surface area contributed by atoms with E-state index in [2.05, 4.69) is 13.8 Å². The molecule has 1 aromatic carbocycles. The Morgan fingerprint density at radius 2 is 1.89 bits per heavy atom. The van der Waals surface area contributed by atoms with Crippen molar-refractivity contribution < 1.29 is 4.39 Å². The van der Waals surface area contributed by atoms with Gasteiger partial charge in [0.1, 0.15) is 5.82 Å². The molecule has 0 spiro atoms. The third-order valence-electron chi connectivity index (χ3n) is 3.76. The van der Waals surface area contributed by atoms with E-state index in [1.54, 1.807) is 6.07 Å². The van der Waals surface area contributed by atoms with Gasteiger partial charge in [-0.15, -0.1) is 0 Å². The summed E-state index contributed by atoms with van der Waals surface area (Å²) < 4.78 is 14.1. The molecule has 0 aliphatic carbocycles. The van der Waals surface area contributed by atoms with Crippen molar-refractivity contribution in [2.75, 3.05) is 0 Å². The van der Waals surface area contributed by atoms with Crippen LogP contribution >= 0.6 is 11.6 Å². The van der Waals surface area contributed by atoms with E-state index in [0.29, 0.717) is 0 Å². The molecule has 108 valence electrons. The zero-order valence-corrected chi connectivity index (χ0v) is 13.6. The van der Waals surface area contributed by atoms with Gasteiger partial charge in [-0.2, -0.15) is 0 Å². The first-order valence-electron chi connectivity index (χ1n) is 7.24. The molecule has 1 aromatic rings. The largest absolute Gasteiger partial charge is 0.205 e.